The summed E-state index contributed by atoms with van der Waals surface area (Å²) < 4.78 is 5.62. The van der Waals surface area contributed by atoms with Crippen LogP contribution in [0.15, 0.2) is 60.7 Å². The molecule has 0 unspecified atom stereocenters. The zero-order valence-electron chi connectivity index (χ0n) is 19.0. The first-order valence-electron chi connectivity index (χ1n) is 11.5. The monoisotopic (exact) mass is 476 g/mol. The molecule has 3 heterocycles. The summed E-state index contributed by atoms with van der Waals surface area (Å²) in [5, 5.41) is 33.4. The lowest BCUT2D eigenvalue weighted by molar-refractivity contribution is -0.0249. The largest absolute Gasteiger partial charge is 0.394 e. The molecule has 35 heavy (non-hydrogen) atoms. The maximum absolute atomic E-state index is 10.4. The molecule has 0 radical (unpaired) electrons. The van der Waals surface area contributed by atoms with Crippen LogP contribution in [0.2, 0.25) is 0 Å². The standard InChI is InChI=1S/C25H28N6O4/c26-11-18-28-23(27-12-16(14-7-3-1-4-8-14)15-9-5-2-6-10-15)19-24(29-18)31-25(30-19)22-21(34)20(33)17(13-32)35-22/h1-10,16-17,20-22,32-34H,11-13,26H2,(H2,27,28,29,30,31)/t17-,20-,21-,22+/m1/s1. The lowest BCUT2D eigenvalue weighted by atomic mass is 9.91. The topological polar surface area (TPSA) is 162 Å². The van der Waals surface area contributed by atoms with Crippen LogP contribution in [0.25, 0.3) is 11.2 Å². The van der Waals surface area contributed by atoms with Crippen molar-refractivity contribution < 1.29 is 20.1 Å². The van der Waals surface area contributed by atoms with Gasteiger partial charge in [0.25, 0.3) is 0 Å². The number of aromatic amines is 1. The third-order valence-electron chi connectivity index (χ3n) is 6.29. The molecule has 0 saturated carbocycles. The van der Waals surface area contributed by atoms with E-state index in [1.165, 1.54) is 0 Å². The zero-order chi connectivity index (χ0) is 24.4. The molecule has 0 spiro atoms. The fourth-order valence-corrected chi connectivity index (χ4v) is 4.44. The highest BCUT2D eigenvalue weighted by molar-refractivity contribution is 5.83. The van der Waals surface area contributed by atoms with Gasteiger partial charge in [-0.05, 0) is 11.1 Å². The second kappa shape index (κ2) is 10.1. The van der Waals surface area contributed by atoms with E-state index in [4.69, 9.17) is 10.5 Å². The number of hydrogen-bond acceptors (Lipinski definition) is 9. The predicted molar refractivity (Wildman–Crippen MR) is 130 cm³/mol. The Morgan fingerprint density at radius 3 is 2.17 bits per heavy atom. The molecule has 5 rings (SSSR count). The van der Waals surface area contributed by atoms with Gasteiger partial charge < -0.3 is 36.1 Å². The fourth-order valence-electron chi connectivity index (χ4n) is 4.44. The van der Waals surface area contributed by atoms with Gasteiger partial charge in [0, 0.05) is 12.5 Å². The number of nitrogens with zero attached hydrogens (tertiary/aromatic N) is 3. The molecular formula is C25H28N6O4. The smallest absolute Gasteiger partial charge is 0.183 e. The lowest BCUT2D eigenvalue weighted by Gasteiger charge is -2.19. The summed E-state index contributed by atoms with van der Waals surface area (Å²) in [6, 6.07) is 20.4. The van der Waals surface area contributed by atoms with E-state index in [0.717, 1.165) is 11.1 Å². The van der Waals surface area contributed by atoms with Crippen LogP contribution >= 0.6 is 0 Å². The van der Waals surface area contributed by atoms with Gasteiger partial charge in [-0.25, -0.2) is 15.0 Å². The highest BCUT2D eigenvalue weighted by Gasteiger charge is 2.44. The maximum atomic E-state index is 10.4. The molecule has 2 aromatic carbocycles. The third-order valence-corrected chi connectivity index (χ3v) is 6.29. The summed E-state index contributed by atoms with van der Waals surface area (Å²) >= 11 is 0. The van der Waals surface area contributed by atoms with Crippen molar-refractivity contribution in [1.29, 1.82) is 0 Å². The number of H-pyrrole nitrogens is 1. The van der Waals surface area contributed by atoms with E-state index in [-0.39, 0.29) is 18.3 Å². The first kappa shape index (κ1) is 23.3. The highest BCUT2D eigenvalue weighted by atomic mass is 16.6. The van der Waals surface area contributed by atoms with Crippen molar-refractivity contribution >= 4 is 17.0 Å². The Morgan fingerprint density at radius 1 is 0.943 bits per heavy atom. The Labute approximate surface area is 201 Å². The van der Waals surface area contributed by atoms with Crippen LogP contribution < -0.4 is 11.1 Å². The van der Waals surface area contributed by atoms with Gasteiger partial charge >= 0.3 is 0 Å². The molecule has 10 heteroatoms. The van der Waals surface area contributed by atoms with Crippen LogP contribution in [0.5, 0.6) is 0 Å². The summed E-state index contributed by atoms with van der Waals surface area (Å²) in [7, 11) is 0. The first-order chi connectivity index (χ1) is 17.1. The number of anilines is 1. The van der Waals surface area contributed by atoms with Crippen LogP contribution in [-0.2, 0) is 11.3 Å². The molecule has 10 nitrogen and oxygen atoms in total. The van der Waals surface area contributed by atoms with Crippen molar-refractivity contribution in [2.24, 2.45) is 5.73 Å². The van der Waals surface area contributed by atoms with Gasteiger partial charge in [0.2, 0.25) is 0 Å². The summed E-state index contributed by atoms with van der Waals surface area (Å²) in [5.41, 5.74) is 9.06. The molecule has 2 aromatic heterocycles. The number of aliphatic hydroxyl groups is 3. The molecule has 1 fully saturated rings. The molecule has 1 saturated heterocycles. The number of hydrogen-bond donors (Lipinski definition) is 6. The van der Waals surface area contributed by atoms with Crippen molar-refractivity contribution in [2.75, 3.05) is 18.5 Å². The number of aromatic nitrogens is 4. The molecule has 4 aromatic rings. The van der Waals surface area contributed by atoms with E-state index in [9.17, 15) is 15.3 Å². The quantitative estimate of drug-likeness (QED) is 0.219. The van der Waals surface area contributed by atoms with Crippen molar-refractivity contribution in [3.05, 3.63) is 83.4 Å². The van der Waals surface area contributed by atoms with Crippen molar-refractivity contribution in [1.82, 2.24) is 19.9 Å². The summed E-state index contributed by atoms with van der Waals surface area (Å²) in [6.07, 6.45) is -4.30. The Kier molecular flexibility index (Phi) is 6.71. The Bertz CT molecular complexity index is 1230. The predicted octanol–water partition coefficient (Wildman–Crippen LogP) is 1.21. The van der Waals surface area contributed by atoms with Crippen LogP contribution in [0, 0.1) is 0 Å². The van der Waals surface area contributed by atoms with E-state index in [0.29, 0.717) is 29.4 Å². The van der Waals surface area contributed by atoms with E-state index < -0.39 is 31.0 Å². The van der Waals surface area contributed by atoms with Crippen molar-refractivity contribution in [3.8, 4) is 0 Å². The molecule has 7 N–H and O–H groups in total. The second-order valence-electron chi connectivity index (χ2n) is 8.53. The summed E-state index contributed by atoms with van der Waals surface area (Å²) in [6.45, 7) is 0.257. The number of rotatable bonds is 8. The minimum absolute atomic E-state index is 0.0616. The van der Waals surface area contributed by atoms with Gasteiger partial charge in [0.05, 0.1) is 13.2 Å². The van der Waals surface area contributed by atoms with Crippen LogP contribution in [0.1, 0.15) is 34.8 Å². The van der Waals surface area contributed by atoms with Gasteiger partial charge in [-0.3, -0.25) is 0 Å². The average molecular weight is 477 g/mol. The molecule has 1 aliphatic rings. The fraction of sp³-hybridized carbons (Fsp3) is 0.320. The zero-order valence-corrected chi connectivity index (χ0v) is 19.0. The first-order valence-corrected chi connectivity index (χ1v) is 11.5. The number of imidazole rings is 1. The lowest BCUT2D eigenvalue weighted by Crippen LogP contribution is -2.32. The van der Waals surface area contributed by atoms with Gasteiger partial charge in [-0.15, -0.1) is 0 Å². The molecule has 0 amide bonds. The molecule has 1 aliphatic heterocycles. The normalized spacial score (nSPS) is 22.2. The average Bonchev–Trinajstić information content (AvgIpc) is 3.45. The molecular weight excluding hydrogens is 448 g/mol. The summed E-state index contributed by atoms with van der Waals surface area (Å²) in [5.74, 6) is 1.29. The number of nitrogens with one attached hydrogen (secondary N) is 2. The minimum Gasteiger partial charge on any atom is -0.394 e. The number of fused-ring (bicyclic) bond motifs is 1. The molecule has 182 valence electrons. The van der Waals surface area contributed by atoms with E-state index in [1.54, 1.807) is 0 Å². The Hall–Kier alpha value is -3.41. The van der Waals surface area contributed by atoms with Crippen LogP contribution in [-0.4, -0.2) is 66.7 Å². The van der Waals surface area contributed by atoms with E-state index >= 15 is 0 Å². The molecule has 0 aliphatic carbocycles. The number of ether oxygens (including phenoxy) is 1. The number of aliphatic hydroxyl groups excluding tert-OH is 3. The van der Waals surface area contributed by atoms with Crippen LogP contribution in [0.3, 0.4) is 0 Å². The molecule has 4 atom stereocenters. The second-order valence-corrected chi connectivity index (χ2v) is 8.53. The Morgan fingerprint density at radius 2 is 1.60 bits per heavy atom. The number of nitrogens with two attached hydrogens (primary N) is 1. The van der Waals surface area contributed by atoms with Gasteiger partial charge in [-0.2, -0.15) is 0 Å². The number of benzene rings is 2. The van der Waals surface area contributed by atoms with Gasteiger partial charge in [-0.1, -0.05) is 60.7 Å². The Balaban J connectivity index is 1.47. The van der Waals surface area contributed by atoms with Gasteiger partial charge in [0.15, 0.2) is 11.5 Å². The maximum Gasteiger partial charge on any atom is 0.183 e. The highest BCUT2D eigenvalue weighted by Crippen LogP contribution is 2.34. The SMILES string of the molecule is NCc1nc(NCC(c2ccccc2)c2ccccc2)c2[nH]c([C@H]3O[C@H](CO)[C@@H](O)[C@H]3O)nc2n1. The van der Waals surface area contributed by atoms with E-state index in [2.05, 4.69) is 49.5 Å². The van der Waals surface area contributed by atoms with Crippen molar-refractivity contribution in [3.63, 3.8) is 0 Å². The van der Waals surface area contributed by atoms with Crippen molar-refractivity contribution in [2.45, 2.75) is 36.9 Å². The van der Waals surface area contributed by atoms with E-state index in [1.807, 2.05) is 36.4 Å². The third kappa shape index (κ3) is 4.62. The minimum atomic E-state index is -1.24. The summed E-state index contributed by atoms with van der Waals surface area (Å²) in [4.78, 5) is 16.6. The van der Waals surface area contributed by atoms with Crippen LogP contribution in [0.4, 0.5) is 5.82 Å². The van der Waals surface area contributed by atoms with Gasteiger partial charge in [0.1, 0.15) is 41.6 Å². The molecule has 0 bridgehead atoms.